The van der Waals surface area contributed by atoms with Gasteiger partial charge in [-0.15, -0.1) is 0 Å². The van der Waals surface area contributed by atoms with Gasteiger partial charge in [0.25, 0.3) is 0 Å². The van der Waals surface area contributed by atoms with E-state index in [2.05, 4.69) is 38.1 Å². The normalized spacial score (nSPS) is 10.8. The highest BCUT2D eigenvalue weighted by Gasteiger charge is 2.10. The lowest BCUT2D eigenvalue weighted by molar-refractivity contribution is 0.888. The molecule has 0 fully saturated rings. The van der Waals surface area contributed by atoms with E-state index in [1.807, 2.05) is 32.3 Å². The number of aryl methyl sites for hydroxylation is 1. The smallest absolute Gasteiger partial charge is 0.221 e. The summed E-state index contributed by atoms with van der Waals surface area (Å²) in [4.78, 5) is 14.9. The molecule has 0 saturated heterocycles. The molecular weight excluding hydrogens is 262 g/mol. The molecule has 0 atom stereocenters. The Labute approximate surface area is 123 Å². The third-order valence-corrected chi connectivity index (χ3v) is 3.45. The van der Waals surface area contributed by atoms with E-state index in [1.54, 1.807) is 6.20 Å². The number of anilines is 2. The van der Waals surface area contributed by atoms with Crippen LogP contribution >= 0.6 is 0 Å². The lowest BCUT2D eigenvalue weighted by Gasteiger charge is -2.20. The number of rotatable bonds is 3. The van der Waals surface area contributed by atoms with Gasteiger partial charge in [0, 0.05) is 36.9 Å². The Morgan fingerprint density at radius 1 is 1.14 bits per heavy atom. The van der Waals surface area contributed by atoms with E-state index < -0.39 is 0 Å². The Morgan fingerprint density at radius 3 is 2.81 bits per heavy atom. The molecule has 3 rings (SSSR count). The van der Waals surface area contributed by atoms with Crippen molar-refractivity contribution >= 4 is 22.7 Å². The zero-order valence-electron chi connectivity index (χ0n) is 12.1. The molecule has 3 aromatic rings. The molecule has 2 N–H and O–H groups in total. The van der Waals surface area contributed by atoms with Gasteiger partial charge in [0.1, 0.15) is 5.82 Å². The van der Waals surface area contributed by atoms with Crippen LogP contribution in [0.1, 0.15) is 11.1 Å². The summed E-state index contributed by atoms with van der Waals surface area (Å²) in [6.45, 7) is 2.69. The highest BCUT2D eigenvalue weighted by molar-refractivity contribution is 5.81. The first-order valence-corrected chi connectivity index (χ1v) is 6.78. The predicted molar refractivity (Wildman–Crippen MR) is 85.0 cm³/mol. The summed E-state index contributed by atoms with van der Waals surface area (Å²) in [6, 6.07) is 10.2. The van der Waals surface area contributed by atoms with Gasteiger partial charge in [0.2, 0.25) is 5.95 Å². The van der Waals surface area contributed by atoms with Crippen LogP contribution in [0.5, 0.6) is 0 Å². The minimum Gasteiger partial charge on any atom is -0.368 e. The molecule has 0 aliphatic rings. The maximum absolute atomic E-state index is 5.69. The van der Waals surface area contributed by atoms with Crippen LogP contribution in [0.2, 0.25) is 0 Å². The summed E-state index contributed by atoms with van der Waals surface area (Å²) in [5, 5.41) is 1.14. The van der Waals surface area contributed by atoms with Crippen LogP contribution in [0.4, 0.5) is 11.8 Å². The van der Waals surface area contributed by atoms with E-state index in [1.165, 1.54) is 0 Å². The molecule has 1 aromatic carbocycles. The average Bonchev–Trinajstić information content (AvgIpc) is 2.50. The van der Waals surface area contributed by atoms with Crippen LogP contribution < -0.4 is 10.6 Å². The highest BCUT2D eigenvalue weighted by atomic mass is 15.2. The summed E-state index contributed by atoms with van der Waals surface area (Å²) in [6.07, 6.45) is 3.56. The number of aromatic nitrogens is 3. The van der Waals surface area contributed by atoms with Crippen molar-refractivity contribution in [3.05, 3.63) is 53.9 Å². The SMILES string of the molecule is Cc1cnc(N)nc1N(C)Cc1cccc2cccnc12. The number of benzene rings is 1. The molecule has 5 nitrogen and oxygen atoms in total. The summed E-state index contributed by atoms with van der Waals surface area (Å²) in [5.41, 5.74) is 8.87. The fraction of sp³-hybridized carbons (Fsp3) is 0.188. The molecule has 0 unspecified atom stereocenters. The number of nitrogens with two attached hydrogens (primary N) is 1. The minimum atomic E-state index is 0.290. The molecule has 106 valence electrons. The van der Waals surface area contributed by atoms with Crippen molar-refractivity contribution in [3.8, 4) is 0 Å². The summed E-state index contributed by atoms with van der Waals surface area (Å²) < 4.78 is 0. The van der Waals surface area contributed by atoms with Crippen LogP contribution in [0.25, 0.3) is 10.9 Å². The summed E-state index contributed by atoms with van der Waals surface area (Å²) >= 11 is 0. The monoisotopic (exact) mass is 279 g/mol. The molecule has 2 heterocycles. The Kier molecular flexibility index (Phi) is 3.39. The van der Waals surface area contributed by atoms with E-state index in [-0.39, 0.29) is 0 Å². The quantitative estimate of drug-likeness (QED) is 0.798. The van der Waals surface area contributed by atoms with Crippen molar-refractivity contribution in [1.82, 2.24) is 15.0 Å². The van der Waals surface area contributed by atoms with Crippen molar-refractivity contribution in [3.63, 3.8) is 0 Å². The van der Waals surface area contributed by atoms with E-state index in [4.69, 9.17) is 5.73 Å². The molecule has 21 heavy (non-hydrogen) atoms. The van der Waals surface area contributed by atoms with Crippen LogP contribution in [0.3, 0.4) is 0 Å². The number of fused-ring (bicyclic) bond motifs is 1. The van der Waals surface area contributed by atoms with E-state index >= 15 is 0 Å². The zero-order valence-corrected chi connectivity index (χ0v) is 12.1. The van der Waals surface area contributed by atoms with Crippen LogP contribution in [-0.2, 0) is 6.54 Å². The number of hydrogen-bond donors (Lipinski definition) is 1. The molecule has 5 heteroatoms. The standard InChI is InChI=1S/C16H17N5/c1-11-9-19-16(17)20-15(11)21(2)10-13-6-3-5-12-7-4-8-18-14(12)13/h3-9H,10H2,1-2H3,(H2,17,19,20). The first-order valence-electron chi connectivity index (χ1n) is 6.78. The van der Waals surface area contributed by atoms with Gasteiger partial charge < -0.3 is 10.6 Å². The van der Waals surface area contributed by atoms with Gasteiger partial charge in [0.15, 0.2) is 0 Å². The molecule has 0 saturated carbocycles. The van der Waals surface area contributed by atoms with E-state index in [0.29, 0.717) is 12.5 Å². The van der Waals surface area contributed by atoms with Crippen molar-refractivity contribution < 1.29 is 0 Å². The Morgan fingerprint density at radius 2 is 1.95 bits per heavy atom. The number of nitrogens with zero attached hydrogens (tertiary/aromatic N) is 4. The number of hydrogen-bond acceptors (Lipinski definition) is 5. The van der Waals surface area contributed by atoms with Gasteiger partial charge in [0.05, 0.1) is 5.52 Å². The van der Waals surface area contributed by atoms with E-state index in [0.717, 1.165) is 27.8 Å². The van der Waals surface area contributed by atoms with Crippen LogP contribution in [-0.4, -0.2) is 22.0 Å². The minimum absolute atomic E-state index is 0.290. The van der Waals surface area contributed by atoms with Gasteiger partial charge in [-0.2, -0.15) is 4.98 Å². The molecule has 2 aromatic heterocycles. The summed E-state index contributed by atoms with van der Waals surface area (Å²) in [5.74, 6) is 1.13. The Hall–Kier alpha value is -2.69. The molecule has 0 radical (unpaired) electrons. The van der Waals surface area contributed by atoms with Gasteiger partial charge in [-0.1, -0.05) is 24.3 Å². The number of para-hydroxylation sites is 1. The first-order chi connectivity index (χ1) is 10.1. The third-order valence-electron chi connectivity index (χ3n) is 3.45. The third kappa shape index (κ3) is 2.63. The van der Waals surface area contributed by atoms with Gasteiger partial charge in [-0.05, 0) is 18.6 Å². The average molecular weight is 279 g/mol. The largest absolute Gasteiger partial charge is 0.368 e. The second-order valence-electron chi connectivity index (χ2n) is 5.08. The van der Waals surface area contributed by atoms with Gasteiger partial charge in [-0.3, -0.25) is 4.98 Å². The molecule has 0 spiro atoms. The second kappa shape index (κ2) is 5.36. The number of pyridine rings is 1. The topological polar surface area (TPSA) is 67.9 Å². The fourth-order valence-electron chi connectivity index (χ4n) is 2.46. The molecule has 0 aliphatic heterocycles. The lowest BCUT2D eigenvalue weighted by atomic mass is 10.1. The maximum Gasteiger partial charge on any atom is 0.221 e. The highest BCUT2D eigenvalue weighted by Crippen LogP contribution is 2.21. The lowest BCUT2D eigenvalue weighted by Crippen LogP contribution is -2.20. The second-order valence-corrected chi connectivity index (χ2v) is 5.08. The zero-order chi connectivity index (χ0) is 14.8. The van der Waals surface area contributed by atoms with Crippen LogP contribution in [0.15, 0.2) is 42.7 Å². The predicted octanol–water partition coefficient (Wildman–Crippen LogP) is 2.55. The maximum atomic E-state index is 5.69. The van der Waals surface area contributed by atoms with Crippen LogP contribution in [0, 0.1) is 6.92 Å². The van der Waals surface area contributed by atoms with E-state index in [9.17, 15) is 0 Å². The fourth-order valence-corrected chi connectivity index (χ4v) is 2.46. The molecule has 0 bridgehead atoms. The summed E-state index contributed by atoms with van der Waals surface area (Å²) in [7, 11) is 2.00. The van der Waals surface area contributed by atoms with Crippen molar-refractivity contribution in [2.75, 3.05) is 17.7 Å². The molecule has 0 amide bonds. The van der Waals surface area contributed by atoms with Crippen molar-refractivity contribution in [2.24, 2.45) is 0 Å². The Balaban J connectivity index is 1.96. The van der Waals surface area contributed by atoms with Gasteiger partial charge in [-0.25, -0.2) is 4.98 Å². The van der Waals surface area contributed by atoms with Gasteiger partial charge >= 0.3 is 0 Å². The van der Waals surface area contributed by atoms with Crippen molar-refractivity contribution in [1.29, 1.82) is 0 Å². The Bertz CT molecular complexity index is 779. The number of nitrogen functional groups attached to an aromatic ring is 1. The molecule has 0 aliphatic carbocycles. The van der Waals surface area contributed by atoms with Crippen molar-refractivity contribution in [2.45, 2.75) is 13.5 Å². The molecular formula is C16H17N5. The first kappa shape index (κ1) is 13.3.